The molecule has 0 aliphatic carbocycles. The van der Waals surface area contributed by atoms with Crippen molar-refractivity contribution in [2.45, 2.75) is 11.8 Å². The normalized spacial score (nSPS) is 12.0. The monoisotopic (exact) mass is 301 g/mol. The predicted molar refractivity (Wildman–Crippen MR) is 88.9 cm³/mol. The quantitative estimate of drug-likeness (QED) is 0.725. The zero-order valence-electron chi connectivity index (χ0n) is 12.6. The molecule has 0 bridgehead atoms. The van der Waals surface area contributed by atoms with Crippen LogP contribution < -0.4 is 5.11 Å². The van der Waals surface area contributed by atoms with Crippen molar-refractivity contribution in [2.75, 3.05) is 0 Å². The van der Waals surface area contributed by atoms with E-state index in [4.69, 9.17) is 0 Å². The molecule has 114 valence electrons. The van der Waals surface area contributed by atoms with E-state index in [1.54, 1.807) is 0 Å². The summed E-state index contributed by atoms with van der Waals surface area (Å²) in [6.45, 7) is 0. The fraction of sp³-hybridized carbons (Fsp3) is 0.0952. The highest BCUT2D eigenvalue weighted by atomic mass is 16.4. The zero-order valence-corrected chi connectivity index (χ0v) is 12.6. The molecular weight excluding hydrogens is 284 g/mol. The number of hydrogen-bond acceptors (Lipinski definition) is 2. The molecule has 3 aromatic rings. The molecular formula is C21H17O2-. The molecule has 0 aliphatic rings. The van der Waals surface area contributed by atoms with Crippen LogP contribution in [0.1, 0.15) is 28.5 Å². The summed E-state index contributed by atoms with van der Waals surface area (Å²) in [5, 5.41) is 12.0. The van der Waals surface area contributed by atoms with Gasteiger partial charge in [0, 0.05) is 17.8 Å². The van der Waals surface area contributed by atoms with Crippen LogP contribution in [-0.4, -0.2) is 5.97 Å². The Morgan fingerprint density at radius 2 is 0.957 bits per heavy atom. The van der Waals surface area contributed by atoms with Gasteiger partial charge in [-0.15, -0.1) is 0 Å². The molecule has 0 heterocycles. The van der Waals surface area contributed by atoms with E-state index in [1.165, 1.54) is 0 Å². The van der Waals surface area contributed by atoms with Gasteiger partial charge in [-0.25, -0.2) is 0 Å². The first-order valence-corrected chi connectivity index (χ1v) is 7.63. The van der Waals surface area contributed by atoms with E-state index < -0.39 is 11.9 Å². The average molecular weight is 301 g/mol. The molecule has 0 aliphatic heterocycles. The van der Waals surface area contributed by atoms with E-state index in [-0.39, 0.29) is 5.92 Å². The Bertz CT molecular complexity index is 712. The summed E-state index contributed by atoms with van der Waals surface area (Å²) in [5.41, 5.74) is 2.69. The molecule has 3 rings (SSSR count). The van der Waals surface area contributed by atoms with Gasteiger partial charge in [-0.1, -0.05) is 91.0 Å². The Morgan fingerprint density at radius 3 is 1.30 bits per heavy atom. The van der Waals surface area contributed by atoms with Crippen molar-refractivity contribution in [3.8, 4) is 0 Å². The van der Waals surface area contributed by atoms with Gasteiger partial charge in [-0.3, -0.25) is 0 Å². The van der Waals surface area contributed by atoms with Crippen molar-refractivity contribution in [3.05, 3.63) is 108 Å². The van der Waals surface area contributed by atoms with Crippen LogP contribution in [0.5, 0.6) is 0 Å². The van der Waals surface area contributed by atoms with E-state index in [0.717, 1.165) is 16.7 Å². The molecule has 2 nitrogen and oxygen atoms in total. The van der Waals surface area contributed by atoms with Crippen molar-refractivity contribution in [2.24, 2.45) is 0 Å². The topological polar surface area (TPSA) is 40.1 Å². The standard InChI is InChI=1S/C21H18O2/c22-21(23)20(18-14-8-3-9-15-18)19(16-10-4-1-5-11-16)17-12-6-2-7-13-17/h1-15,19-20H,(H,22,23)/p-1/t20-/m0/s1. The van der Waals surface area contributed by atoms with Gasteiger partial charge in [-0.05, 0) is 16.7 Å². The molecule has 0 saturated heterocycles. The fourth-order valence-electron chi connectivity index (χ4n) is 3.02. The van der Waals surface area contributed by atoms with Gasteiger partial charge in [0.05, 0.1) is 0 Å². The zero-order chi connectivity index (χ0) is 16.1. The largest absolute Gasteiger partial charge is 0.549 e. The van der Waals surface area contributed by atoms with Gasteiger partial charge in [0.1, 0.15) is 0 Å². The molecule has 2 heteroatoms. The van der Waals surface area contributed by atoms with Gasteiger partial charge < -0.3 is 9.90 Å². The van der Waals surface area contributed by atoms with E-state index in [2.05, 4.69) is 0 Å². The molecule has 23 heavy (non-hydrogen) atoms. The number of carbonyl (C=O) groups excluding carboxylic acids is 1. The van der Waals surface area contributed by atoms with Gasteiger partial charge in [0.2, 0.25) is 0 Å². The molecule has 0 radical (unpaired) electrons. The number of carboxylic acids is 1. The van der Waals surface area contributed by atoms with Gasteiger partial charge >= 0.3 is 0 Å². The van der Waals surface area contributed by atoms with Gasteiger partial charge in [0.25, 0.3) is 0 Å². The average Bonchev–Trinajstić information content (AvgIpc) is 2.61. The third-order valence-corrected chi connectivity index (χ3v) is 4.06. The Hall–Kier alpha value is -2.87. The van der Waals surface area contributed by atoms with Crippen molar-refractivity contribution < 1.29 is 9.90 Å². The maximum absolute atomic E-state index is 12.0. The second-order valence-electron chi connectivity index (χ2n) is 5.51. The number of carboxylic acid groups (broad SMARTS) is 1. The highest BCUT2D eigenvalue weighted by Gasteiger charge is 2.27. The van der Waals surface area contributed by atoms with Crippen LogP contribution in [-0.2, 0) is 4.79 Å². The summed E-state index contributed by atoms with van der Waals surface area (Å²) >= 11 is 0. The third-order valence-electron chi connectivity index (χ3n) is 4.06. The van der Waals surface area contributed by atoms with Crippen LogP contribution in [0, 0.1) is 0 Å². The molecule has 0 saturated carbocycles. The Labute approximate surface area is 136 Å². The van der Waals surface area contributed by atoms with Crippen molar-refractivity contribution in [3.63, 3.8) is 0 Å². The van der Waals surface area contributed by atoms with E-state index in [1.807, 2.05) is 91.0 Å². The second kappa shape index (κ2) is 6.93. The molecule has 0 unspecified atom stereocenters. The fourth-order valence-corrected chi connectivity index (χ4v) is 3.02. The third kappa shape index (κ3) is 3.32. The summed E-state index contributed by atoms with van der Waals surface area (Å²) in [7, 11) is 0. The first kappa shape index (κ1) is 15.0. The van der Waals surface area contributed by atoms with Crippen LogP contribution in [0.4, 0.5) is 0 Å². The maximum Gasteiger partial charge on any atom is 0.0498 e. The minimum absolute atomic E-state index is 0.287. The number of aliphatic carboxylic acids is 1. The SMILES string of the molecule is O=C([O-])[C@@H](c1ccccc1)C(c1ccccc1)c1ccccc1. The number of benzene rings is 3. The van der Waals surface area contributed by atoms with Crippen LogP contribution in [0.15, 0.2) is 91.0 Å². The lowest BCUT2D eigenvalue weighted by atomic mass is 9.77. The molecule has 1 atom stereocenters. The summed E-state index contributed by atoms with van der Waals surface area (Å²) < 4.78 is 0. The summed E-state index contributed by atoms with van der Waals surface area (Å²) in [6, 6.07) is 28.8. The lowest BCUT2D eigenvalue weighted by Crippen LogP contribution is -2.34. The Kier molecular flexibility index (Phi) is 4.53. The molecule has 0 N–H and O–H groups in total. The Morgan fingerprint density at radius 1 is 0.609 bits per heavy atom. The predicted octanol–water partition coefficient (Wildman–Crippen LogP) is 3.35. The number of hydrogen-bond donors (Lipinski definition) is 0. The highest BCUT2D eigenvalue weighted by molar-refractivity contribution is 5.76. The number of carbonyl (C=O) groups is 1. The molecule has 0 aromatic heterocycles. The number of rotatable bonds is 5. The van der Waals surface area contributed by atoms with Crippen LogP contribution in [0.25, 0.3) is 0 Å². The first-order chi connectivity index (χ1) is 11.3. The molecule has 3 aromatic carbocycles. The second-order valence-corrected chi connectivity index (χ2v) is 5.51. The van der Waals surface area contributed by atoms with Crippen molar-refractivity contribution in [1.29, 1.82) is 0 Å². The molecule has 0 amide bonds. The van der Waals surface area contributed by atoms with Gasteiger partial charge in [0.15, 0.2) is 0 Å². The van der Waals surface area contributed by atoms with E-state index in [0.29, 0.717) is 0 Å². The molecule has 0 fully saturated rings. The van der Waals surface area contributed by atoms with E-state index >= 15 is 0 Å². The highest BCUT2D eigenvalue weighted by Crippen LogP contribution is 2.38. The Balaban J connectivity index is 2.15. The van der Waals surface area contributed by atoms with Crippen LogP contribution >= 0.6 is 0 Å². The maximum atomic E-state index is 12.0. The lowest BCUT2D eigenvalue weighted by Gasteiger charge is -2.29. The molecule has 0 spiro atoms. The van der Waals surface area contributed by atoms with Crippen molar-refractivity contribution >= 4 is 5.97 Å². The van der Waals surface area contributed by atoms with E-state index in [9.17, 15) is 9.90 Å². The minimum atomic E-state index is -1.06. The summed E-state index contributed by atoms with van der Waals surface area (Å²) in [6.07, 6.45) is 0. The van der Waals surface area contributed by atoms with Crippen molar-refractivity contribution in [1.82, 2.24) is 0 Å². The van der Waals surface area contributed by atoms with Gasteiger partial charge in [-0.2, -0.15) is 0 Å². The van der Waals surface area contributed by atoms with Crippen LogP contribution in [0.3, 0.4) is 0 Å². The first-order valence-electron chi connectivity index (χ1n) is 7.63. The summed E-state index contributed by atoms with van der Waals surface area (Å²) in [4.78, 5) is 12.0. The smallest absolute Gasteiger partial charge is 0.0498 e. The lowest BCUT2D eigenvalue weighted by molar-refractivity contribution is -0.308. The minimum Gasteiger partial charge on any atom is -0.549 e. The summed E-state index contributed by atoms with van der Waals surface area (Å²) in [5.74, 6) is -2.08. The van der Waals surface area contributed by atoms with Crippen LogP contribution in [0.2, 0.25) is 0 Å².